The number of benzene rings is 2. The lowest BCUT2D eigenvalue weighted by Crippen LogP contribution is -2.42. The Bertz CT molecular complexity index is 1420. The summed E-state index contributed by atoms with van der Waals surface area (Å²) in [6.07, 6.45) is 3.18. The second-order valence-electron chi connectivity index (χ2n) is 9.99. The Morgan fingerprint density at radius 1 is 1.05 bits per heavy atom. The number of amides is 2. The van der Waals surface area contributed by atoms with Gasteiger partial charge in [0.15, 0.2) is 5.76 Å². The Kier molecular flexibility index (Phi) is 8.06. The van der Waals surface area contributed by atoms with E-state index < -0.39 is 0 Å². The van der Waals surface area contributed by atoms with Gasteiger partial charge in [0.1, 0.15) is 18.1 Å². The van der Waals surface area contributed by atoms with Crippen molar-refractivity contribution in [1.29, 1.82) is 0 Å². The van der Waals surface area contributed by atoms with Crippen LogP contribution < -0.4 is 10.1 Å². The average Bonchev–Trinajstić information content (AvgIpc) is 3.45. The number of furan rings is 1. The molecule has 0 fully saturated rings. The first-order valence-corrected chi connectivity index (χ1v) is 13.4. The largest absolute Gasteiger partial charge is 0.486 e. The minimum Gasteiger partial charge on any atom is -0.486 e. The lowest BCUT2D eigenvalue weighted by Gasteiger charge is -2.39. The fourth-order valence-corrected chi connectivity index (χ4v) is 4.92. The maximum atomic E-state index is 13.1. The fourth-order valence-electron chi connectivity index (χ4n) is 4.92. The molecule has 1 atom stereocenters. The van der Waals surface area contributed by atoms with Crippen molar-refractivity contribution >= 4 is 11.8 Å². The normalized spacial score (nSPS) is 14.6. The second-order valence-corrected chi connectivity index (χ2v) is 9.99. The minimum absolute atomic E-state index is 0.0856. The zero-order valence-electron chi connectivity index (χ0n) is 22.3. The van der Waals surface area contributed by atoms with Gasteiger partial charge in [-0.15, -0.1) is 0 Å². The number of hydrogen-bond acceptors (Lipinski definition) is 5. The number of hydrogen-bond donors (Lipinski definition) is 1. The third-order valence-electron chi connectivity index (χ3n) is 6.90. The van der Waals surface area contributed by atoms with Crippen LogP contribution in [0.15, 0.2) is 89.5 Å². The summed E-state index contributed by atoms with van der Waals surface area (Å²) in [4.78, 5) is 31.9. The summed E-state index contributed by atoms with van der Waals surface area (Å²) >= 11 is 0. The molecule has 1 aliphatic heterocycles. The van der Waals surface area contributed by atoms with Gasteiger partial charge in [0, 0.05) is 37.3 Å². The van der Waals surface area contributed by atoms with Crippen LogP contribution in [-0.2, 0) is 24.2 Å². The quantitative estimate of drug-likeness (QED) is 0.319. The van der Waals surface area contributed by atoms with E-state index in [4.69, 9.17) is 9.15 Å². The van der Waals surface area contributed by atoms with E-state index in [1.165, 1.54) is 5.56 Å². The van der Waals surface area contributed by atoms with Crippen LogP contribution in [-0.4, -0.2) is 34.8 Å². The lowest BCUT2D eigenvalue weighted by atomic mass is 9.87. The molecule has 0 aliphatic carbocycles. The molecular formula is C32H33N3O4. The number of nitrogens with one attached hydrogen (secondary N) is 1. The molecule has 0 saturated carbocycles. The Hall–Kier alpha value is -4.39. The number of rotatable bonds is 9. The molecule has 1 aliphatic rings. The van der Waals surface area contributed by atoms with E-state index in [9.17, 15) is 9.59 Å². The molecule has 4 aromatic rings. The molecule has 0 spiro atoms. The molecule has 2 aromatic heterocycles. The van der Waals surface area contributed by atoms with Crippen molar-refractivity contribution < 1.29 is 18.7 Å². The number of ether oxygens (including phenoxy) is 1. The van der Waals surface area contributed by atoms with Gasteiger partial charge < -0.3 is 19.4 Å². The molecule has 7 nitrogen and oxygen atoms in total. The first-order chi connectivity index (χ1) is 19.0. The monoisotopic (exact) mass is 523 g/mol. The maximum absolute atomic E-state index is 13.1. The van der Waals surface area contributed by atoms with E-state index in [0.717, 1.165) is 23.2 Å². The first kappa shape index (κ1) is 26.2. The van der Waals surface area contributed by atoms with Crippen molar-refractivity contribution in [2.75, 3.05) is 13.1 Å². The molecule has 0 unspecified atom stereocenters. The van der Waals surface area contributed by atoms with Crippen molar-refractivity contribution in [1.82, 2.24) is 15.2 Å². The number of aromatic nitrogens is 1. The highest BCUT2D eigenvalue weighted by atomic mass is 16.5. The van der Waals surface area contributed by atoms with Gasteiger partial charge in [-0.25, -0.2) is 0 Å². The third-order valence-corrected chi connectivity index (χ3v) is 6.90. The van der Waals surface area contributed by atoms with Gasteiger partial charge in [-0.3, -0.25) is 14.6 Å². The van der Waals surface area contributed by atoms with Gasteiger partial charge in [0.05, 0.1) is 6.04 Å². The fraction of sp³-hybridized carbons (Fsp3) is 0.281. The van der Waals surface area contributed by atoms with Crippen LogP contribution in [0.5, 0.6) is 5.75 Å². The standard InChI is InChI=1S/C32H33N3O4/c1-22(2)32(37)35-19-16-23-11-12-26(20-28(23)30(35)24-8-4-3-5-9-24)38-21-27-13-14-29(39-27)31(36)34-18-15-25-10-6-7-17-33-25/h3-14,17,20,22,30H,15-16,18-19,21H2,1-2H3,(H,34,36)/t30-/m0/s1. The Morgan fingerprint density at radius 2 is 1.87 bits per heavy atom. The topological polar surface area (TPSA) is 84.7 Å². The van der Waals surface area contributed by atoms with Crippen LogP contribution >= 0.6 is 0 Å². The van der Waals surface area contributed by atoms with Crippen LogP contribution in [0.4, 0.5) is 0 Å². The van der Waals surface area contributed by atoms with Gasteiger partial charge in [-0.05, 0) is 59.5 Å². The second kappa shape index (κ2) is 12.0. The van der Waals surface area contributed by atoms with E-state index in [-0.39, 0.29) is 36.1 Å². The van der Waals surface area contributed by atoms with Gasteiger partial charge in [0.25, 0.3) is 5.91 Å². The number of pyridine rings is 1. The highest BCUT2D eigenvalue weighted by Crippen LogP contribution is 2.38. The Labute approximate surface area is 228 Å². The van der Waals surface area contributed by atoms with Crippen molar-refractivity contribution in [2.24, 2.45) is 5.92 Å². The molecule has 1 N–H and O–H groups in total. The van der Waals surface area contributed by atoms with E-state index >= 15 is 0 Å². The lowest BCUT2D eigenvalue weighted by molar-refractivity contribution is -0.136. The number of fused-ring (bicyclic) bond motifs is 1. The summed E-state index contributed by atoms with van der Waals surface area (Å²) in [5, 5.41) is 2.86. The highest BCUT2D eigenvalue weighted by Gasteiger charge is 2.33. The van der Waals surface area contributed by atoms with E-state index in [2.05, 4.69) is 28.5 Å². The summed E-state index contributed by atoms with van der Waals surface area (Å²) in [5.41, 5.74) is 4.29. The summed E-state index contributed by atoms with van der Waals surface area (Å²) in [6.45, 7) is 5.22. The summed E-state index contributed by atoms with van der Waals surface area (Å²) in [7, 11) is 0. The molecule has 200 valence electrons. The molecule has 0 radical (unpaired) electrons. The maximum Gasteiger partial charge on any atom is 0.287 e. The Balaban J connectivity index is 1.26. The molecular weight excluding hydrogens is 490 g/mol. The molecule has 7 heteroatoms. The van der Waals surface area contributed by atoms with Gasteiger partial charge in [-0.1, -0.05) is 56.3 Å². The van der Waals surface area contributed by atoms with E-state index in [1.807, 2.05) is 67.3 Å². The van der Waals surface area contributed by atoms with Crippen molar-refractivity contribution in [3.63, 3.8) is 0 Å². The first-order valence-electron chi connectivity index (χ1n) is 13.4. The molecule has 2 amide bonds. The van der Waals surface area contributed by atoms with Crippen LogP contribution in [0.2, 0.25) is 0 Å². The molecule has 2 aromatic carbocycles. The van der Waals surface area contributed by atoms with E-state index in [0.29, 0.717) is 31.0 Å². The van der Waals surface area contributed by atoms with Crippen LogP contribution in [0.25, 0.3) is 0 Å². The summed E-state index contributed by atoms with van der Waals surface area (Å²) in [6, 6.07) is 25.2. The van der Waals surface area contributed by atoms with E-state index in [1.54, 1.807) is 18.3 Å². The van der Waals surface area contributed by atoms with Crippen molar-refractivity contribution in [2.45, 2.75) is 39.3 Å². The average molecular weight is 524 g/mol. The zero-order chi connectivity index (χ0) is 27.2. The van der Waals surface area contributed by atoms with Crippen LogP contribution in [0, 0.1) is 5.92 Å². The van der Waals surface area contributed by atoms with Crippen LogP contribution in [0.3, 0.4) is 0 Å². The molecule has 39 heavy (non-hydrogen) atoms. The van der Waals surface area contributed by atoms with Gasteiger partial charge in [0.2, 0.25) is 5.91 Å². The Morgan fingerprint density at radius 3 is 2.64 bits per heavy atom. The van der Waals surface area contributed by atoms with Crippen molar-refractivity contribution in [3.8, 4) is 5.75 Å². The molecule has 5 rings (SSSR count). The summed E-state index contributed by atoms with van der Waals surface area (Å²) < 4.78 is 11.8. The predicted octanol–water partition coefficient (Wildman–Crippen LogP) is 5.36. The predicted molar refractivity (Wildman–Crippen MR) is 148 cm³/mol. The zero-order valence-corrected chi connectivity index (χ0v) is 22.3. The van der Waals surface area contributed by atoms with Gasteiger partial charge in [-0.2, -0.15) is 0 Å². The van der Waals surface area contributed by atoms with Gasteiger partial charge >= 0.3 is 0 Å². The SMILES string of the molecule is CC(C)C(=O)N1CCc2ccc(OCc3ccc(C(=O)NCCc4ccccn4)o3)cc2[C@@H]1c1ccccc1. The molecule has 0 bridgehead atoms. The molecule has 3 heterocycles. The number of carbonyl (C=O) groups is 2. The molecule has 0 saturated heterocycles. The number of carbonyl (C=O) groups excluding carboxylic acids is 2. The number of nitrogens with zero attached hydrogens (tertiary/aromatic N) is 2. The smallest absolute Gasteiger partial charge is 0.287 e. The summed E-state index contributed by atoms with van der Waals surface area (Å²) in [5.74, 6) is 1.27. The third kappa shape index (κ3) is 6.20. The van der Waals surface area contributed by atoms with Crippen LogP contribution in [0.1, 0.15) is 58.6 Å². The highest BCUT2D eigenvalue weighted by molar-refractivity contribution is 5.91. The van der Waals surface area contributed by atoms with Crippen molar-refractivity contribution in [3.05, 3.63) is 119 Å². The minimum atomic E-state index is -0.272.